The van der Waals surface area contributed by atoms with Crippen LogP contribution < -0.4 is 16.4 Å². The number of nitrogens with two attached hydrogens (primary N) is 1. The molecule has 0 fully saturated rings. The molecule has 0 radical (unpaired) electrons. The van der Waals surface area contributed by atoms with E-state index in [0.29, 0.717) is 23.2 Å². The Morgan fingerprint density at radius 2 is 2.03 bits per heavy atom. The summed E-state index contributed by atoms with van der Waals surface area (Å²) in [4.78, 5) is 17.7. The molecule has 3 N–H and O–H groups in total. The van der Waals surface area contributed by atoms with Gasteiger partial charge in [-0.2, -0.15) is 14.6 Å². The predicted octanol–water partition coefficient (Wildman–Crippen LogP) is 3.07. The van der Waals surface area contributed by atoms with Crippen molar-refractivity contribution in [1.29, 1.82) is 0 Å². The van der Waals surface area contributed by atoms with Gasteiger partial charge in [0.1, 0.15) is 6.61 Å². The number of nitrogen functional groups attached to an aromatic ring is 1. The van der Waals surface area contributed by atoms with E-state index in [4.69, 9.17) is 20.0 Å². The summed E-state index contributed by atoms with van der Waals surface area (Å²) >= 11 is 0. The van der Waals surface area contributed by atoms with Crippen molar-refractivity contribution in [1.82, 2.24) is 19.5 Å². The number of halogens is 1. The van der Waals surface area contributed by atoms with E-state index in [1.54, 1.807) is 24.3 Å². The van der Waals surface area contributed by atoms with Crippen molar-refractivity contribution in [2.45, 2.75) is 32.2 Å². The number of alkyl halides is 1. The van der Waals surface area contributed by atoms with E-state index < -0.39 is 19.3 Å². The highest BCUT2D eigenvalue weighted by Gasteiger charge is 2.33. The summed E-state index contributed by atoms with van der Waals surface area (Å²) in [6, 6.07) is 8.71. The van der Waals surface area contributed by atoms with Crippen molar-refractivity contribution in [2.24, 2.45) is 0 Å². The number of hydrogen-bond acceptors (Lipinski definition) is 9. The molecule has 0 saturated heterocycles. The fraction of sp³-hybridized carbons (Fsp3) is 0.450. The molecule has 32 heavy (non-hydrogen) atoms. The summed E-state index contributed by atoms with van der Waals surface area (Å²) in [5, 5.41) is 3.56. The van der Waals surface area contributed by atoms with Gasteiger partial charge >= 0.3 is 0 Å². The number of ether oxygens (including phenoxy) is 1. The zero-order chi connectivity index (χ0) is 23.4. The van der Waals surface area contributed by atoms with Gasteiger partial charge < -0.3 is 15.8 Å². The Morgan fingerprint density at radius 1 is 1.31 bits per heavy atom. The summed E-state index contributed by atoms with van der Waals surface area (Å²) in [6.45, 7) is 5.19. The third kappa shape index (κ3) is 5.42. The van der Waals surface area contributed by atoms with Crippen molar-refractivity contribution < 1.29 is 23.3 Å². The molecule has 0 amide bonds. The maximum atomic E-state index is 15.8. The Kier molecular flexibility index (Phi) is 7.45. The van der Waals surface area contributed by atoms with Gasteiger partial charge in [-0.15, -0.1) is 0 Å². The lowest BCUT2D eigenvalue weighted by molar-refractivity contribution is -0.227. The minimum Gasteiger partial charge on any atom is -0.379 e. The number of nitrogens with one attached hydrogen (secondary N) is 1. The summed E-state index contributed by atoms with van der Waals surface area (Å²) in [5.41, 5.74) is 6.46. The quantitative estimate of drug-likeness (QED) is 0.249. The van der Waals surface area contributed by atoms with E-state index in [1.807, 2.05) is 13.0 Å². The normalized spacial score (nSPS) is 16.4. The van der Waals surface area contributed by atoms with Gasteiger partial charge in [0.2, 0.25) is 5.95 Å². The van der Waals surface area contributed by atoms with Crippen LogP contribution >= 0.6 is 7.37 Å². The summed E-state index contributed by atoms with van der Waals surface area (Å²) in [6.07, 6.45) is 0.530. The van der Waals surface area contributed by atoms with Crippen molar-refractivity contribution in [3.05, 3.63) is 36.7 Å². The molecule has 0 spiro atoms. The zero-order valence-electron chi connectivity index (χ0n) is 18.5. The highest BCUT2D eigenvalue weighted by Crippen LogP contribution is 2.41. The first kappa shape index (κ1) is 24.1. The lowest BCUT2D eigenvalue weighted by Gasteiger charge is -2.27. The largest absolute Gasteiger partial charge is 0.379 e. The SMILES string of the molecule is CCNc1nc(N)nc2c1ncn2[C@](C)(F)C[C@@H](COOP(C)(=O)c1ccccc1)OC. The maximum Gasteiger partial charge on any atom is 0.260 e. The molecule has 0 saturated carbocycles. The van der Waals surface area contributed by atoms with Crippen LogP contribution in [0.3, 0.4) is 0 Å². The Balaban J connectivity index is 1.71. The molecule has 1 aromatic carbocycles. The lowest BCUT2D eigenvalue weighted by atomic mass is 10.1. The van der Waals surface area contributed by atoms with Crippen LogP contribution in [0.5, 0.6) is 0 Å². The molecule has 2 heterocycles. The third-order valence-corrected chi connectivity index (χ3v) is 6.49. The van der Waals surface area contributed by atoms with E-state index >= 15 is 4.39 Å². The number of fused-ring (bicyclic) bond motifs is 1. The number of methoxy groups -OCH3 is 1. The summed E-state index contributed by atoms with van der Waals surface area (Å²) in [5.74, 6) is -1.51. The molecule has 3 rings (SSSR count). The Labute approximate surface area is 185 Å². The second kappa shape index (κ2) is 9.91. The molecule has 0 bridgehead atoms. The van der Waals surface area contributed by atoms with E-state index in [0.717, 1.165) is 0 Å². The Hall–Kier alpha value is -2.59. The molecule has 2 aromatic heterocycles. The third-order valence-electron chi connectivity index (χ3n) is 4.87. The number of nitrogens with zero attached hydrogens (tertiary/aromatic N) is 4. The number of hydrogen-bond donors (Lipinski definition) is 2. The number of imidazole rings is 1. The standard InChI is InChI=1S/C20H28FN6O4P/c1-5-23-17-16-18(26-19(22)25-17)27(13-24-16)20(2,21)11-14(29-3)12-30-31-32(4,28)15-9-7-6-8-10-15/h6-10,13-14H,5,11-12H2,1-4H3,(H3,22,23,25,26)/t14-,20-,32?/m0/s1. The van der Waals surface area contributed by atoms with Gasteiger partial charge in [0.05, 0.1) is 12.4 Å². The van der Waals surface area contributed by atoms with Crippen molar-refractivity contribution in [3.8, 4) is 0 Å². The van der Waals surface area contributed by atoms with Crippen molar-refractivity contribution >= 4 is 35.6 Å². The lowest BCUT2D eigenvalue weighted by Crippen LogP contribution is -2.33. The highest BCUT2D eigenvalue weighted by atomic mass is 31.2. The maximum absolute atomic E-state index is 15.8. The number of rotatable bonds is 11. The van der Waals surface area contributed by atoms with Crippen LogP contribution in [0, 0.1) is 0 Å². The molecule has 0 aliphatic rings. The van der Waals surface area contributed by atoms with Crippen LogP contribution in [-0.2, 0) is 24.7 Å². The van der Waals surface area contributed by atoms with E-state index in [9.17, 15) is 4.57 Å². The fourth-order valence-electron chi connectivity index (χ4n) is 3.22. The van der Waals surface area contributed by atoms with Crippen molar-refractivity contribution in [2.75, 3.05) is 38.0 Å². The van der Waals surface area contributed by atoms with Crippen LogP contribution in [0.4, 0.5) is 16.2 Å². The van der Waals surface area contributed by atoms with Gasteiger partial charge in [-0.25, -0.2) is 14.3 Å². The molecule has 0 aliphatic heterocycles. The van der Waals surface area contributed by atoms with Gasteiger partial charge in [-0.05, 0) is 26.0 Å². The van der Waals surface area contributed by atoms with Gasteiger partial charge in [-0.3, -0.25) is 9.13 Å². The molecule has 3 atom stereocenters. The molecular weight excluding hydrogens is 438 g/mol. The average molecular weight is 466 g/mol. The zero-order valence-corrected chi connectivity index (χ0v) is 19.4. The Morgan fingerprint density at radius 3 is 2.69 bits per heavy atom. The molecular formula is C20H28FN6O4P. The van der Waals surface area contributed by atoms with E-state index in [1.165, 1.54) is 31.6 Å². The molecule has 1 unspecified atom stereocenters. The number of aromatic nitrogens is 4. The van der Waals surface area contributed by atoms with Crippen LogP contribution in [0.1, 0.15) is 20.3 Å². The predicted molar refractivity (Wildman–Crippen MR) is 121 cm³/mol. The average Bonchev–Trinajstić information content (AvgIpc) is 3.18. The van der Waals surface area contributed by atoms with Crippen molar-refractivity contribution in [3.63, 3.8) is 0 Å². The minimum atomic E-state index is -3.19. The monoisotopic (exact) mass is 466 g/mol. The first-order valence-corrected chi connectivity index (χ1v) is 12.2. The second-order valence-electron chi connectivity index (χ2n) is 7.49. The van der Waals surface area contributed by atoms with Crippen LogP contribution in [0.25, 0.3) is 11.2 Å². The number of benzene rings is 1. The molecule has 174 valence electrons. The molecule has 10 nitrogen and oxygen atoms in total. The van der Waals surface area contributed by atoms with Crippen LogP contribution in [0.2, 0.25) is 0 Å². The fourth-order valence-corrected chi connectivity index (χ4v) is 4.28. The number of anilines is 2. The first-order chi connectivity index (χ1) is 15.2. The van der Waals surface area contributed by atoms with Gasteiger partial charge in [0.25, 0.3) is 7.37 Å². The highest BCUT2D eigenvalue weighted by molar-refractivity contribution is 7.66. The smallest absolute Gasteiger partial charge is 0.260 e. The topological polar surface area (TPSA) is 126 Å². The second-order valence-corrected chi connectivity index (χ2v) is 9.85. The van der Waals surface area contributed by atoms with Gasteiger partial charge in [0, 0.05) is 32.0 Å². The van der Waals surface area contributed by atoms with Crippen LogP contribution in [0.15, 0.2) is 36.7 Å². The summed E-state index contributed by atoms with van der Waals surface area (Å²) in [7, 11) is -1.75. The molecule has 3 aromatic rings. The first-order valence-electron chi connectivity index (χ1n) is 10.1. The molecule has 0 aliphatic carbocycles. The Bertz CT molecular complexity index is 1090. The van der Waals surface area contributed by atoms with E-state index in [2.05, 4.69) is 20.3 Å². The minimum absolute atomic E-state index is 0.00522. The summed E-state index contributed by atoms with van der Waals surface area (Å²) < 4.78 is 40.3. The van der Waals surface area contributed by atoms with E-state index in [-0.39, 0.29) is 24.6 Å². The van der Waals surface area contributed by atoms with Gasteiger partial charge in [-0.1, -0.05) is 18.2 Å². The van der Waals surface area contributed by atoms with Gasteiger partial charge in [0.15, 0.2) is 22.8 Å². The molecule has 12 heteroatoms. The van der Waals surface area contributed by atoms with Crippen LogP contribution in [-0.4, -0.2) is 52.5 Å².